The van der Waals surface area contributed by atoms with Gasteiger partial charge in [0, 0.05) is 19.1 Å². The number of carbonyl (C=O) groups is 2. The lowest BCUT2D eigenvalue weighted by atomic mass is 9.90. The van der Waals surface area contributed by atoms with Crippen LogP contribution in [-0.4, -0.2) is 59.0 Å². The Labute approximate surface area is 143 Å². The third-order valence-corrected chi connectivity index (χ3v) is 5.48. The van der Waals surface area contributed by atoms with Gasteiger partial charge in [0.05, 0.1) is 6.67 Å². The van der Waals surface area contributed by atoms with Gasteiger partial charge in [-0.1, -0.05) is 30.3 Å². The van der Waals surface area contributed by atoms with E-state index in [-0.39, 0.29) is 18.5 Å². The molecule has 3 aliphatic rings. The number of likely N-dealkylation sites (tertiary alicyclic amines) is 1. The number of urea groups is 1. The number of piperidine rings is 1. The maximum Gasteiger partial charge on any atom is 0.321 e. The Kier molecular flexibility index (Phi) is 4.17. The van der Waals surface area contributed by atoms with Gasteiger partial charge in [-0.3, -0.25) is 9.69 Å². The maximum atomic E-state index is 12.7. The van der Waals surface area contributed by atoms with Crippen molar-refractivity contribution in [2.75, 3.05) is 26.3 Å². The fourth-order valence-corrected chi connectivity index (χ4v) is 3.88. The molecule has 4 rings (SSSR count). The Bertz CT molecular complexity index is 606. The van der Waals surface area contributed by atoms with Crippen LogP contribution in [0.4, 0.5) is 4.79 Å². The van der Waals surface area contributed by atoms with E-state index in [2.05, 4.69) is 24.3 Å². The number of rotatable bonds is 3. The topological polar surface area (TPSA) is 43.9 Å². The number of hydrogen-bond donors (Lipinski definition) is 0. The summed E-state index contributed by atoms with van der Waals surface area (Å²) in [5.41, 5.74) is 1.38. The first-order chi connectivity index (χ1) is 11.7. The van der Waals surface area contributed by atoms with E-state index >= 15 is 0 Å². The zero-order valence-corrected chi connectivity index (χ0v) is 14.1. The quantitative estimate of drug-likeness (QED) is 0.855. The predicted octanol–water partition coefficient (Wildman–Crippen LogP) is 2.33. The molecule has 1 aliphatic carbocycles. The molecule has 1 saturated carbocycles. The summed E-state index contributed by atoms with van der Waals surface area (Å²) >= 11 is 0. The highest BCUT2D eigenvalue weighted by molar-refractivity contribution is 5.87. The molecule has 2 aliphatic heterocycles. The SMILES string of the molecule is O=C(N1CCC(Cc2ccccc2)CC1)N1CC(=O)N(C2CC2)C1. The van der Waals surface area contributed by atoms with Crippen LogP contribution in [0, 0.1) is 5.92 Å². The summed E-state index contributed by atoms with van der Waals surface area (Å²) in [6.07, 6.45) is 5.39. The molecule has 24 heavy (non-hydrogen) atoms. The van der Waals surface area contributed by atoms with E-state index in [0.29, 0.717) is 18.6 Å². The van der Waals surface area contributed by atoms with E-state index in [1.807, 2.05) is 15.9 Å². The molecule has 1 aromatic rings. The Morgan fingerprint density at radius 2 is 1.71 bits per heavy atom. The number of amides is 3. The molecule has 5 nitrogen and oxygen atoms in total. The Morgan fingerprint density at radius 3 is 2.38 bits per heavy atom. The van der Waals surface area contributed by atoms with Crippen LogP contribution in [0.5, 0.6) is 0 Å². The summed E-state index contributed by atoms with van der Waals surface area (Å²) < 4.78 is 0. The molecule has 0 unspecified atom stereocenters. The molecule has 0 radical (unpaired) electrons. The minimum Gasteiger partial charge on any atom is -0.325 e. The third-order valence-electron chi connectivity index (χ3n) is 5.48. The van der Waals surface area contributed by atoms with E-state index in [0.717, 1.165) is 45.2 Å². The molecule has 0 aromatic heterocycles. The molecule has 0 spiro atoms. The summed E-state index contributed by atoms with van der Waals surface area (Å²) in [5.74, 6) is 0.768. The van der Waals surface area contributed by atoms with E-state index in [1.165, 1.54) is 5.56 Å². The number of benzene rings is 1. The van der Waals surface area contributed by atoms with Crippen molar-refractivity contribution < 1.29 is 9.59 Å². The van der Waals surface area contributed by atoms with E-state index < -0.39 is 0 Å². The number of hydrogen-bond acceptors (Lipinski definition) is 2. The highest BCUT2D eigenvalue weighted by Gasteiger charge is 2.41. The highest BCUT2D eigenvalue weighted by Crippen LogP contribution is 2.30. The van der Waals surface area contributed by atoms with Gasteiger partial charge in [-0.25, -0.2) is 4.79 Å². The Balaban J connectivity index is 1.28. The van der Waals surface area contributed by atoms with Gasteiger partial charge in [-0.05, 0) is 43.6 Å². The fourth-order valence-electron chi connectivity index (χ4n) is 3.88. The van der Waals surface area contributed by atoms with Crippen LogP contribution >= 0.6 is 0 Å². The van der Waals surface area contributed by atoms with Gasteiger partial charge in [0.2, 0.25) is 5.91 Å². The van der Waals surface area contributed by atoms with Gasteiger partial charge in [0.1, 0.15) is 6.54 Å². The fraction of sp³-hybridized carbons (Fsp3) is 0.579. The summed E-state index contributed by atoms with van der Waals surface area (Å²) in [6, 6.07) is 11.0. The smallest absolute Gasteiger partial charge is 0.321 e. The Hall–Kier alpha value is -2.04. The van der Waals surface area contributed by atoms with Gasteiger partial charge < -0.3 is 9.80 Å². The maximum absolute atomic E-state index is 12.7. The number of nitrogens with zero attached hydrogens (tertiary/aromatic N) is 3. The van der Waals surface area contributed by atoms with Crippen molar-refractivity contribution in [1.82, 2.24) is 14.7 Å². The molecule has 1 aromatic carbocycles. The molecular formula is C19H25N3O2. The van der Waals surface area contributed by atoms with Gasteiger partial charge in [0.15, 0.2) is 0 Å². The van der Waals surface area contributed by atoms with Crippen molar-refractivity contribution >= 4 is 11.9 Å². The molecule has 3 amide bonds. The van der Waals surface area contributed by atoms with Crippen LogP contribution in [-0.2, 0) is 11.2 Å². The minimum atomic E-state index is 0.0460. The van der Waals surface area contributed by atoms with E-state index in [4.69, 9.17) is 0 Å². The molecule has 0 N–H and O–H groups in total. The van der Waals surface area contributed by atoms with Crippen LogP contribution in [0.2, 0.25) is 0 Å². The van der Waals surface area contributed by atoms with Crippen LogP contribution in [0.25, 0.3) is 0 Å². The highest BCUT2D eigenvalue weighted by atomic mass is 16.2. The normalized spacial score (nSPS) is 22.3. The lowest BCUT2D eigenvalue weighted by Crippen LogP contribution is -2.46. The van der Waals surface area contributed by atoms with Gasteiger partial charge in [-0.2, -0.15) is 0 Å². The van der Waals surface area contributed by atoms with E-state index in [1.54, 1.807) is 4.90 Å². The van der Waals surface area contributed by atoms with Crippen LogP contribution in [0.1, 0.15) is 31.2 Å². The Morgan fingerprint density at radius 1 is 1.00 bits per heavy atom. The van der Waals surface area contributed by atoms with Gasteiger partial charge in [-0.15, -0.1) is 0 Å². The second-order valence-electron chi connectivity index (χ2n) is 7.34. The molecule has 0 atom stereocenters. The first kappa shape index (κ1) is 15.5. The van der Waals surface area contributed by atoms with Crippen molar-refractivity contribution in [2.45, 2.75) is 38.1 Å². The monoisotopic (exact) mass is 327 g/mol. The predicted molar refractivity (Wildman–Crippen MR) is 91.3 cm³/mol. The minimum absolute atomic E-state index is 0.0460. The van der Waals surface area contributed by atoms with Crippen molar-refractivity contribution in [1.29, 1.82) is 0 Å². The summed E-state index contributed by atoms with van der Waals surface area (Å²) in [5, 5.41) is 0. The van der Waals surface area contributed by atoms with E-state index in [9.17, 15) is 9.59 Å². The first-order valence-electron chi connectivity index (χ1n) is 9.08. The van der Waals surface area contributed by atoms with Crippen molar-refractivity contribution in [3.05, 3.63) is 35.9 Å². The second-order valence-corrected chi connectivity index (χ2v) is 7.34. The van der Waals surface area contributed by atoms with Gasteiger partial charge >= 0.3 is 6.03 Å². The van der Waals surface area contributed by atoms with Crippen molar-refractivity contribution in [2.24, 2.45) is 5.92 Å². The lowest BCUT2D eigenvalue weighted by molar-refractivity contribution is -0.127. The third kappa shape index (κ3) is 3.25. The molecule has 2 saturated heterocycles. The van der Waals surface area contributed by atoms with Gasteiger partial charge in [0.25, 0.3) is 0 Å². The number of carbonyl (C=O) groups excluding carboxylic acids is 2. The molecular weight excluding hydrogens is 302 g/mol. The van der Waals surface area contributed by atoms with Crippen LogP contribution < -0.4 is 0 Å². The summed E-state index contributed by atoms with van der Waals surface area (Å²) in [4.78, 5) is 30.2. The van der Waals surface area contributed by atoms with Crippen LogP contribution in [0.15, 0.2) is 30.3 Å². The summed E-state index contributed by atoms with van der Waals surface area (Å²) in [6.45, 7) is 2.38. The molecule has 0 bridgehead atoms. The largest absolute Gasteiger partial charge is 0.325 e. The average molecular weight is 327 g/mol. The standard InChI is InChI=1S/C19H25N3O2/c23-18-13-21(14-22(18)17-6-7-17)19(24)20-10-8-16(9-11-20)12-15-4-2-1-3-5-15/h1-5,16-17H,6-14H2. The zero-order valence-electron chi connectivity index (χ0n) is 14.1. The molecule has 3 fully saturated rings. The molecule has 128 valence electrons. The van der Waals surface area contributed by atoms with Crippen molar-refractivity contribution in [3.8, 4) is 0 Å². The second kappa shape index (κ2) is 6.46. The lowest BCUT2D eigenvalue weighted by Gasteiger charge is -2.34. The average Bonchev–Trinajstić information content (AvgIpc) is 3.38. The molecule has 5 heteroatoms. The zero-order chi connectivity index (χ0) is 16.5. The molecule has 2 heterocycles. The van der Waals surface area contributed by atoms with Crippen LogP contribution in [0.3, 0.4) is 0 Å². The first-order valence-corrected chi connectivity index (χ1v) is 9.08. The summed E-state index contributed by atoms with van der Waals surface area (Å²) in [7, 11) is 0. The van der Waals surface area contributed by atoms with Crippen molar-refractivity contribution in [3.63, 3.8) is 0 Å².